The van der Waals surface area contributed by atoms with Crippen molar-refractivity contribution in [3.05, 3.63) is 0 Å². The molecule has 4 atom stereocenters. The number of nitrogens with zero attached hydrogens (tertiary/aromatic N) is 1. The third-order valence-electron chi connectivity index (χ3n) is 3.40. The van der Waals surface area contributed by atoms with Gasteiger partial charge in [-0.1, -0.05) is 13.8 Å². The highest BCUT2D eigenvalue weighted by Gasteiger charge is 2.35. The molecule has 94 valence electrons. The Balaban J connectivity index is 2.74. The molecule has 1 heterocycles. The van der Waals surface area contributed by atoms with Crippen molar-refractivity contribution in [3.63, 3.8) is 0 Å². The smallest absolute Gasteiger partial charge is 0.144 e. The van der Waals surface area contributed by atoms with Gasteiger partial charge in [-0.15, -0.1) is 9.24 Å². The third-order valence-corrected chi connectivity index (χ3v) is 3.56. The molecule has 4 unspecified atom stereocenters. The summed E-state index contributed by atoms with van der Waals surface area (Å²) in [5.41, 5.74) is 0. The molecule has 0 radical (unpaired) electrons. The minimum absolute atomic E-state index is 0.262. The topological polar surface area (TPSA) is 12.5 Å². The van der Waals surface area contributed by atoms with Gasteiger partial charge in [-0.25, -0.2) is 0 Å². The average molecular weight is 243 g/mol. The van der Waals surface area contributed by atoms with Gasteiger partial charge in [0.05, 0.1) is 6.10 Å². The Labute approximate surface area is 104 Å². The molecule has 2 nitrogen and oxygen atoms in total. The predicted octanol–water partition coefficient (Wildman–Crippen LogP) is 1.69. The molecule has 1 aliphatic heterocycles. The highest BCUT2D eigenvalue weighted by Crippen LogP contribution is 2.28. The number of likely N-dealkylation sites (tertiary alicyclic amines) is 1. The Bertz CT molecular complexity index is 211. The summed E-state index contributed by atoms with van der Waals surface area (Å²) < 4.78 is 6.07. The van der Waals surface area contributed by atoms with Gasteiger partial charge in [0.25, 0.3) is 0 Å². The highest BCUT2D eigenvalue weighted by molar-refractivity contribution is 7.20. The fourth-order valence-corrected chi connectivity index (χ4v) is 3.05. The summed E-state index contributed by atoms with van der Waals surface area (Å²) in [5.74, 6) is 0.926. The standard InChI is InChI=1S/C12H27BNOP/c1-8(2)11-10(15-12(13)16)6-5-7-14(11)9(3)4/h8-12H,5-7,13,16H2,1-4H3. The van der Waals surface area contributed by atoms with Crippen molar-refractivity contribution in [3.8, 4) is 0 Å². The number of hydrogen-bond acceptors (Lipinski definition) is 2. The molecule has 0 aliphatic carbocycles. The monoisotopic (exact) mass is 243 g/mol. The van der Waals surface area contributed by atoms with Crippen molar-refractivity contribution in [2.45, 2.75) is 64.5 Å². The molecule has 0 aromatic carbocycles. The van der Waals surface area contributed by atoms with Crippen LogP contribution in [0.15, 0.2) is 0 Å². The quantitative estimate of drug-likeness (QED) is 0.550. The average Bonchev–Trinajstić information content (AvgIpc) is 2.15. The summed E-state index contributed by atoms with van der Waals surface area (Å²) in [6.45, 7) is 10.4. The van der Waals surface area contributed by atoms with Crippen molar-refractivity contribution in [1.82, 2.24) is 4.90 Å². The van der Waals surface area contributed by atoms with E-state index in [2.05, 4.69) is 49.7 Å². The lowest BCUT2D eigenvalue weighted by atomic mass is 9.88. The van der Waals surface area contributed by atoms with Crippen LogP contribution in [0.4, 0.5) is 0 Å². The lowest BCUT2D eigenvalue weighted by Gasteiger charge is -2.46. The second-order valence-corrected chi connectivity index (χ2v) is 6.53. The first kappa shape index (κ1) is 14.5. The Kier molecular flexibility index (Phi) is 5.77. The van der Waals surface area contributed by atoms with E-state index in [0.717, 1.165) is 0 Å². The zero-order chi connectivity index (χ0) is 12.3. The molecular formula is C12H27BNOP. The first-order chi connectivity index (χ1) is 7.43. The lowest BCUT2D eigenvalue weighted by Crippen LogP contribution is -2.55. The van der Waals surface area contributed by atoms with E-state index < -0.39 is 0 Å². The van der Waals surface area contributed by atoms with Crippen LogP contribution in [0, 0.1) is 5.92 Å². The molecule has 0 aromatic heterocycles. The van der Waals surface area contributed by atoms with Crippen molar-refractivity contribution in [2.24, 2.45) is 5.92 Å². The van der Waals surface area contributed by atoms with Crippen LogP contribution in [-0.2, 0) is 4.74 Å². The molecule has 0 aromatic rings. The fraction of sp³-hybridized carbons (Fsp3) is 1.00. The molecule has 1 rings (SSSR count). The normalized spacial score (nSPS) is 29.9. The van der Waals surface area contributed by atoms with Gasteiger partial charge in [-0.05, 0) is 39.2 Å². The molecular weight excluding hydrogens is 216 g/mol. The van der Waals surface area contributed by atoms with Crippen molar-refractivity contribution >= 4 is 17.1 Å². The van der Waals surface area contributed by atoms with Gasteiger partial charge >= 0.3 is 0 Å². The maximum Gasteiger partial charge on any atom is 0.144 e. The fourth-order valence-electron chi connectivity index (χ4n) is 2.85. The molecule has 16 heavy (non-hydrogen) atoms. The van der Waals surface area contributed by atoms with E-state index in [0.29, 0.717) is 24.1 Å². The van der Waals surface area contributed by atoms with Crippen LogP contribution in [0.25, 0.3) is 0 Å². The van der Waals surface area contributed by atoms with Gasteiger partial charge in [-0.2, -0.15) is 0 Å². The van der Waals surface area contributed by atoms with Crippen LogP contribution < -0.4 is 0 Å². The molecule has 0 spiro atoms. The SMILES string of the molecule is BC(P)OC1CCCN(C(C)C)C1C(C)C. The largest absolute Gasteiger partial charge is 0.379 e. The molecule has 1 fully saturated rings. The van der Waals surface area contributed by atoms with Crippen molar-refractivity contribution in [2.75, 3.05) is 6.54 Å². The highest BCUT2D eigenvalue weighted by atomic mass is 31.0. The maximum atomic E-state index is 6.07. The molecule has 0 amide bonds. The third kappa shape index (κ3) is 3.72. The predicted molar refractivity (Wildman–Crippen MR) is 76.6 cm³/mol. The van der Waals surface area contributed by atoms with Gasteiger partial charge in [0.1, 0.15) is 7.85 Å². The first-order valence-electron chi connectivity index (χ1n) is 6.60. The van der Waals surface area contributed by atoms with E-state index in [1.807, 2.05) is 0 Å². The molecule has 0 bridgehead atoms. The Morgan fingerprint density at radius 2 is 1.94 bits per heavy atom. The summed E-state index contributed by atoms with van der Waals surface area (Å²) in [7, 11) is 4.86. The van der Waals surface area contributed by atoms with Crippen LogP contribution in [0.1, 0.15) is 40.5 Å². The summed E-state index contributed by atoms with van der Waals surface area (Å²) >= 11 is 0. The summed E-state index contributed by atoms with van der Waals surface area (Å²) in [5, 5.41) is 0. The Hall–Kier alpha value is 0.415. The number of piperidine rings is 1. The first-order valence-corrected chi connectivity index (χ1v) is 7.27. The van der Waals surface area contributed by atoms with Crippen molar-refractivity contribution < 1.29 is 4.74 Å². The van der Waals surface area contributed by atoms with Gasteiger partial charge in [0.15, 0.2) is 0 Å². The maximum absolute atomic E-state index is 6.07. The van der Waals surface area contributed by atoms with E-state index in [1.165, 1.54) is 19.4 Å². The van der Waals surface area contributed by atoms with Gasteiger partial charge in [-0.3, -0.25) is 4.90 Å². The van der Waals surface area contributed by atoms with Crippen LogP contribution in [0.3, 0.4) is 0 Å². The van der Waals surface area contributed by atoms with E-state index in [4.69, 9.17) is 4.74 Å². The molecule has 4 heteroatoms. The molecule has 1 saturated heterocycles. The number of rotatable bonds is 4. The second kappa shape index (κ2) is 6.38. The summed E-state index contributed by atoms with van der Waals surface area (Å²) in [6.07, 6.45) is 2.89. The van der Waals surface area contributed by atoms with Crippen LogP contribution >= 0.6 is 9.24 Å². The Morgan fingerprint density at radius 1 is 1.31 bits per heavy atom. The lowest BCUT2D eigenvalue weighted by molar-refractivity contribution is -0.0621. The second-order valence-electron chi connectivity index (χ2n) is 5.59. The zero-order valence-corrected chi connectivity index (χ0v) is 12.6. The Morgan fingerprint density at radius 3 is 2.38 bits per heavy atom. The molecule has 1 aliphatic rings. The minimum Gasteiger partial charge on any atom is -0.379 e. The summed E-state index contributed by atoms with van der Waals surface area (Å²) in [6, 6.07) is 1.20. The zero-order valence-electron chi connectivity index (χ0n) is 11.4. The van der Waals surface area contributed by atoms with Crippen LogP contribution in [-0.4, -0.2) is 43.2 Å². The van der Waals surface area contributed by atoms with Gasteiger partial charge < -0.3 is 4.74 Å². The van der Waals surface area contributed by atoms with Crippen LogP contribution in [0.2, 0.25) is 0 Å². The summed E-state index contributed by atoms with van der Waals surface area (Å²) in [4.78, 5) is 2.62. The van der Waals surface area contributed by atoms with E-state index in [-0.39, 0.29) is 5.74 Å². The van der Waals surface area contributed by atoms with Gasteiger partial charge in [0.2, 0.25) is 0 Å². The van der Waals surface area contributed by atoms with Gasteiger partial charge in [0, 0.05) is 17.8 Å². The van der Waals surface area contributed by atoms with E-state index in [9.17, 15) is 0 Å². The number of hydrogen-bond donors (Lipinski definition) is 0. The van der Waals surface area contributed by atoms with Crippen molar-refractivity contribution in [1.29, 1.82) is 0 Å². The number of ether oxygens (including phenoxy) is 1. The minimum atomic E-state index is 0.262. The van der Waals surface area contributed by atoms with E-state index >= 15 is 0 Å². The molecule has 0 N–H and O–H groups in total. The van der Waals surface area contributed by atoms with Crippen LogP contribution in [0.5, 0.6) is 0 Å². The molecule has 0 saturated carbocycles. The van der Waals surface area contributed by atoms with E-state index in [1.54, 1.807) is 0 Å².